The summed E-state index contributed by atoms with van der Waals surface area (Å²) in [6.45, 7) is 6.79. The van der Waals surface area contributed by atoms with Crippen molar-refractivity contribution in [2.75, 3.05) is 62.9 Å². The Bertz CT molecular complexity index is 1270. The molecule has 1 amide bonds. The number of nitriles is 1. The number of rotatable bonds is 12. The Morgan fingerprint density at radius 3 is 2.79 bits per heavy atom. The first-order valence-corrected chi connectivity index (χ1v) is 15.1. The third-order valence-electron chi connectivity index (χ3n) is 7.78. The van der Waals surface area contributed by atoms with Gasteiger partial charge in [-0.15, -0.1) is 0 Å². The number of carbonyl (C=O) groups is 1. The SMILES string of the molecule is CCOc1cc2c(cc1NC(=O)CCCN(C)C)C(Nc1ccc(OCC3CC(C)CCN3O)c(Cl)c1)C(C#N)CN2. The summed E-state index contributed by atoms with van der Waals surface area (Å²) in [4.78, 5) is 14.8. The fourth-order valence-corrected chi connectivity index (χ4v) is 5.70. The molecule has 0 saturated carbocycles. The Balaban J connectivity index is 1.52. The lowest BCUT2D eigenvalue weighted by atomic mass is 9.88. The minimum absolute atomic E-state index is 0.0745. The van der Waals surface area contributed by atoms with Gasteiger partial charge in [-0.05, 0) is 77.0 Å². The molecule has 2 heterocycles. The number of ether oxygens (including phenoxy) is 2. The van der Waals surface area contributed by atoms with Crippen molar-refractivity contribution >= 4 is 34.6 Å². The summed E-state index contributed by atoms with van der Waals surface area (Å²) < 4.78 is 11.9. The van der Waals surface area contributed by atoms with E-state index >= 15 is 0 Å². The molecule has 1 fully saturated rings. The topological polar surface area (TPSA) is 122 Å². The third kappa shape index (κ3) is 8.19. The van der Waals surface area contributed by atoms with Crippen LogP contribution in [0.4, 0.5) is 17.1 Å². The molecule has 4 N–H and O–H groups in total. The number of halogens is 1. The van der Waals surface area contributed by atoms with E-state index < -0.39 is 0 Å². The molecule has 2 aromatic rings. The highest BCUT2D eigenvalue weighted by Crippen LogP contribution is 2.42. The molecule has 1 saturated heterocycles. The second-order valence-electron chi connectivity index (χ2n) is 11.5. The maximum absolute atomic E-state index is 12.8. The summed E-state index contributed by atoms with van der Waals surface area (Å²) in [5, 5.41) is 31.9. The first-order chi connectivity index (χ1) is 20.2. The third-order valence-corrected chi connectivity index (χ3v) is 8.08. The molecule has 0 bridgehead atoms. The lowest BCUT2D eigenvalue weighted by Crippen LogP contribution is -2.43. The Morgan fingerprint density at radius 2 is 2.07 bits per heavy atom. The average molecular weight is 599 g/mol. The van der Waals surface area contributed by atoms with Gasteiger partial charge in [-0.25, -0.2) is 0 Å². The number of carbonyl (C=O) groups excluding carboxylic acids is 1. The van der Waals surface area contributed by atoms with Crippen LogP contribution in [0.1, 0.15) is 51.1 Å². The number of hydrogen-bond acceptors (Lipinski definition) is 9. The summed E-state index contributed by atoms with van der Waals surface area (Å²) in [6, 6.07) is 11.2. The Kier molecular flexibility index (Phi) is 11.2. The smallest absolute Gasteiger partial charge is 0.224 e. The number of benzene rings is 2. The molecule has 0 spiro atoms. The van der Waals surface area contributed by atoms with E-state index in [2.05, 4.69) is 28.9 Å². The van der Waals surface area contributed by atoms with Gasteiger partial charge in [-0.3, -0.25) is 4.79 Å². The van der Waals surface area contributed by atoms with E-state index in [1.165, 1.54) is 5.06 Å². The van der Waals surface area contributed by atoms with Crippen molar-refractivity contribution in [1.29, 1.82) is 5.26 Å². The van der Waals surface area contributed by atoms with E-state index in [1.54, 1.807) is 12.1 Å². The van der Waals surface area contributed by atoms with Crippen molar-refractivity contribution in [2.45, 2.75) is 51.6 Å². The molecule has 4 unspecified atom stereocenters. The van der Waals surface area contributed by atoms with Gasteiger partial charge in [0.1, 0.15) is 18.1 Å². The largest absolute Gasteiger partial charge is 0.492 e. The molecule has 11 heteroatoms. The summed E-state index contributed by atoms with van der Waals surface area (Å²) in [5.74, 6) is 1.19. The molecule has 0 aromatic heterocycles. The van der Waals surface area contributed by atoms with Gasteiger partial charge >= 0.3 is 0 Å². The number of hydroxylamine groups is 2. The summed E-state index contributed by atoms with van der Waals surface area (Å²) in [6.07, 6.45) is 2.97. The van der Waals surface area contributed by atoms with Gasteiger partial charge in [0.05, 0.1) is 41.4 Å². The fourth-order valence-electron chi connectivity index (χ4n) is 5.47. The van der Waals surface area contributed by atoms with Crippen LogP contribution in [0.5, 0.6) is 11.5 Å². The van der Waals surface area contributed by atoms with Crippen LogP contribution in [-0.4, -0.2) is 74.1 Å². The molecule has 2 aromatic carbocycles. The highest BCUT2D eigenvalue weighted by Gasteiger charge is 2.32. The molecule has 4 rings (SSSR count). The molecule has 2 aliphatic rings. The van der Waals surface area contributed by atoms with E-state index in [1.807, 2.05) is 44.1 Å². The van der Waals surface area contributed by atoms with Crippen molar-refractivity contribution in [3.05, 3.63) is 40.9 Å². The lowest BCUT2D eigenvalue weighted by molar-refractivity contribution is -0.157. The van der Waals surface area contributed by atoms with Crippen molar-refractivity contribution in [3.63, 3.8) is 0 Å². The number of amides is 1. The van der Waals surface area contributed by atoms with Crippen LogP contribution in [0.2, 0.25) is 5.02 Å². The molecule has 0 radical (unpaired) electrons. The molecular weight excluding hydrogens is 556 g/mol. The van der Waals surface area contributed by atoms with Crippen LogP contribution in [-0.2, 0) is 4.79 Å². The molecule has 228 valence electrons. The van der Waals surface area contributed by atoms with Gasteiger partial charge in [-0.2, -0.15) is 10.3 Å². The first kappa shape index (κ1) is 31.7. The number of piperidine rings is 1. The number of fused-ring (bicyclic) bond motifs is 1. The van der Waals surface area contributed by atoms with Gasteiger partial charge in [0.25, 0.3) is 0 Å². The number of hydrogen-bond donors (Lipinski definition) is 4. The average Bonchev–Trinajstić information content (AvgIpc) is 2.95. The van der Waals surface area contributed by atoms with Gasteiger partial charge in [0, 0.05) is 42.5 Å². The van der Waals surface area contributed by atoms with Crippen LogP contribution in [0.3, 0.4) is 0 Å². The van der Waals surface area contributed by atoms with E-state index in [0.29, 0.717) is 60.9 Å². The predicted molar refractivity (Wildman–Crippen MR) is 166 cm³/mol. The fraction of sp³-hybridized carbons (Fsp3) is 0.548. The van der Waals surface area contributed by atoms with Crippen molar-refractivity contribution in [2.24, 2.45) is 11.8 Å². The minimum atomic E-state index is -0.377. The Morgan fingerprint density at radius 1 is 1.26 bits per heavy atom. The zero-order valence-corrected chi connectivity index (χ0v) is 25.7. The van der Waals surface area contributed by atoms with Gasteiger partial charge in [0.2, 0.25) is 5.91 Å². The van der Waals surface area contributed by atoms with E-state index in [9.17, 15) is 15.3 Å². The van der Waals surface area contributed by atoms with Gasteiger partial charge < -0.3 is 35.5 Å². The van der Waals surface area contributed by atoms with E-state index in [0.717, 1.165) is 42.7 Å². The molecule has 42 heavy (non-hydrogen) atoms. The van der Waals surface area contributed by atoms with Gasteiger partial charge in [-0.1, -0.05) is 18.5 Å². The number of nitrogens with zero attached hydrogens (tertiary/aromatic N) is 3. The Labute approximate surface area is 253 Å². The first-order valence-electron chi connectivity index (χ1n) is 14.7. The van der Waals surface area contributed by atoms with E-state index in [4.69, 9.17) is 21.1 Å². The Hall–Kier alpha value is -3.23. The molecule has 2 aliphatic heterocycles. The second kappa shape index (κ2) is 14.8. The maximum Gasteiger partial charge on any atom is 0.224 e. The zero-order chi connectivity index (χ0) is 30.2. The van der Waals surface area contributed by atoms with Crippen LogP contribution < -0.4 is 25.4 Å². The summed E-state index contributed by atoms with van der Waals surface area (Å²) in [7, 11) is 3.96. The van der Waals surface area contributed by atoms with Crippen molar-refractivity contribution in [3.8, 4) is 17.6 Å². The second-order valence-corrected chi connectivity index (χ2v) is 11.9. The zero-order valence-electron chi connectivity index (χ0n) is 25.0. The standard InChI is InChI=1S/C31H43ClN6O4/c1-5-41-29-16-26-24(15-27(29)36-30(39)7-6-11-37(3)4)31(21(17-33)18-34-26)35-22-8-9-28(25(32)14-22)42-19-23-13-20(2)10-12-38(23)40/h8-9,14-16,20-21,23,31,34-35,40H,5-7,10-13,18-19H2,1-4H3,(H,36,39). The molecular formula is C31H43ClN6O4. The predicted octanol–water partition coefficient (Wildman–Crippen LogP) is 5.61. The molecule has 10 nitrogen and oxygen atoms in total. The highest BCUT2D eigenvalue weighted by atomic mass is 35.5. The van der Waals surface area contributed by atoms with Gasteiger partial charge in [0.15, 0.2) is 0 Å². The molecule has 0 aliphatic carbocycles. The quantitative estimate of drug-likeness (QED) is 0.247. The monoisotopic (exact) mass is 598 g/mol. The van der Waals surface area contributed by atoms with Crippen LogP contribution in [0.15, 0.2) is 30.3 Å². The van der Waals surface area contributed by atoms with Crippen LogP contribution in [0, 0.1) is 23.2 Å². The van der Waals surface area contributed by atoms with Crippen molar-refractivity contribution in [1.82, 2.24) is 9.96 Å². The summed E-state index contributed by atoms with van der Waals surface area (Å²) in [5.41, 5.74) is 3.01. The maximum atomic E-state index is 12.8. The number of anilines is 3. The highest BCUT2D eigenvalue weighted by molar-refractivity contribution is 6.32. The van der Waals surface area contributed by atoms with Crippen LogP contribution >= 0.6 is 11.6 Å². The number of nitrogens with one attached hydrogen (secondary N) is 3. The molecule has 4 atom stereocenters. The van der Waals surface area contributed by atoms with E-state index in [-0.39, 0.29) is 23.9 Å². The minimum Gasteiger partial charge on any atom is -0.492 e. The van der Waals surface area contributed by atoms with Crippen LogP contribution in [0.25, 0.3) is 0 Å². The normalized spacial score (nSPS) is 22.0. The lowest BCUT2D eigenvalue weighted by Gasteiger charge is -2.34. The summed E-state index contributed by atoms with van der Waals surface area (Å²) >= 11 is 6.61. The van der Waals surface area contributed by atoms with Crippen molar-refractivity contribution < 1.29 is 19.5 Å².